The fourth-order valence-corrected chi connectivity index (χ4v) is 3.79. The first-order chi connectivity index (χ1) is 12.7. The van der Waals surface area contributed by atoms with Gasteiger partial charge in [-0.05, 0) is 37.3 Å². The minimum atomic E-state index is -0.255. The molecule has 1 saturated heterocycles. The van der Waals surface area contributed by atoms with Crippen molar-refractivity contribution in [2.75, 3.05) is 31.1 Å². The third-order valence-corrected chi connectivity index (χ3v) is 5.05. The van der Waals surface area contributed by atoms with Gasteiger partial charge in [-0.1, -0.05) is 0 Å². The minimum Gasteiger partial charge on any atom is -0.354 e. The number of halogens is 1. The molecule has 7 heteroatoms. The van der Waals surface area contributed by atoms with Gasteiger partial charge in [0.2, 0.25) is 0 Å². The molecule has 0 radical (unpaired) electrons. The smallest absolute Gasteiger partial charge is 0.129 e. The van der Waals surface area contributed by atoms with Crippen LogP contribution < -0.4 is 10.2 Å². The molecule has 0 spiro atoms. The monoisotopic (exact) mass is 350 g/mol. The van der Waals surface area contributed by atoms with Gasteiger partial charge in [-0.2, -0.15) is 5.10 Å². The molecule has 4 aromatic rings. The number of pyridine rings is 1. The number of aromatic amines is 1. The van der Waals surface area contributed by atoms with Crippen LogP contribution in [0.5, 0.6) is 0 Å². The van der Waals surface area contributed by atoms with Gasteiger partial charge < -0.3 is 14.8 Å². The lowest BCUT2D eigenvalue weighted by Gasteiger charge is -2.29. The van der Waals surface area contributed by atoms with Crippen LogP contribution in [-0.2, 0) is 0 Å². The summed E-state index contributed by atoms with van der Waals surface area (Å²) in [7, 11) is 0. The van der Waals surface area contributed by atoms with Crippen molar-refractivity contribution in [3.05, 3.63) is 48.0 Å². The third-order valence-electron chi connectivity index (χ3n) is 5.05. The first-order valence-electron chi connectivity index (χ1n) is 8.79. The largest absolute Gasteiger partial charge is 0.354 e. The van der Waals surface area contributed by atoms with E-state index in [0.29, 0.717) is 0 Å². The first-order valence-corrected chi connectivity index (χ1v) is 8.79. The van der Waals surface area contributed by atoms with E-state index >= 15 is 0 Å². The fourth-order valence-electron chi connectivity index (χ4n) is 3.79. The Morgan fingerprint density at radius 3 is 2.73 bits per heavy atom. The van der Waals surface area contributed by atoms with Crippen LogP contribution in [0.2, 0.25) is 0 Å². The molecular formula is C19H19FN6. The Kier molecular flexibility index (Phi) is 3.43. The quantitative estimate of drug-likeness (QED) is 0.584. The van der Waals surface area contributed by atoms with Crippen molar-refractivity contribution < 1.29 is 4.39 Å². The Bertz CT molecular complexity index is 1110. The van der Waals surface area contributed by atoms with Gasteiger partial charge in [-0.3, -0.25) is 5.10 Å². The van der Waals surface area contributed by atoms with Gasteiger partial charge in [0.15, 0.2) is 0 Å². The normalized spacial score (nSPS) is 15.2. The molecule has 1 aliphatic heterocycles. The second-order valence-corrected chi connectivity index (χ2v) is 6.64. The number of anilines is 1. The standard InChI is InChI=1S/C19H19FN6/c1-12-15(4-5-18(23-12)25-8-6-21-7-9-25)26-16-3-2-13(20)10-14(16)19-17(26)11-22-24-19/h2-5,10-11,21H,6-9H2,1H3,(H,22,24). The Morgan fingerprint density at radius 1 is 1.08 bits per heavy atom. The van der Waals surface area contributed by atoms with Crippen LogP contribution in [0.1, 0.15) is 5.69 Å². The molecule has 3 aromatic heterocycles. The molecule has 6 nitrogen and oxygen atoms in total. The molecule has 1 fully saturated rings. The number of nitrogens with zero attached hydrogens (tertiary/aromatic N) is 4. The highest BCUT2D eigenvalue weighted by molar-refractivity contribution is 6.06. The predicted molar refractivity (Wildman–Crippen MR) is 100 cm³/mol. The molecule has 26 heavy (non-hydrogen) atoms. The highest BCUT2D eigenvalue weighted by atomic mass is 19.1. The second-order valence-electron chi connectivity index (χ2n) is 6.64. The number of aromatic nitrogens is 4. The van der Waals surface area contributed by atoms with Crippen molar-refractivity contribution in [1.82, 2.24) is 25.1 Å². The Labute approximate surface area is 149 Å². The molecule has 0 bridgehead atoms. The van der Waals surface area contributed by atoms with E-state index in [9.17, 15) is 4.39 Å². The van der Waals surface area contributed by atoms with Crippen molar-refractivity contribution in [3.8, 4) is 5.69 Å². The van der Waals surface area contributed by atoms with E-state index in [0.717, 1.165) is 65.3 Å². The van der Waals surface area contributed by atoms with Gasteiger partial charge in [-0.15, -0.1) is 0 Å². The van der Waals surface area contributed by atoms with E-state index in [1.54, 1.807) is 12.3 Å². The van der Waals surface area contributed by atoms with Gasteiger partial charge in [-0.25, -0.2) is 9.37 Å². The van der Waals surface area contributed by atoms with Crippen molar-refractivity contribution in [2.45, 2.75) is 6.92 Å². The molecule has 1 aromatic carbocycles. The SMILES string of the molecule is Cc1nc(N2CCNCC2)ccc1-n1c2ccc(F)cc2c2[nH]ncc21. The number of hydrogen-bond donors (Lipinski definition) is 2. The summed E-state index contributed by atoms with van der Waals surface area (Å²) in [6.45, 7) is 5.90. The zero-order valence-corrected chi connectivity index (χ0v) is 14.5. The molecule has 0 aliphatic carbocycles. The van der Waals surface area contributed by atoms with Gasteiger partial charge in [0.05, 0.1) is 34.1 Å². The van der Waals surface area contributed by atoms with E-state index < -0.39 is 0 Å². The van der Waals surface area contributed by atoms with Crippen molar-refractivity contribution >= 4 is 27.8 Å². The minimum absolute atomic E-state index is 0.255. The van der Waals surface area contributed by atoms with Crippen LogP contribution in [0, 0.1) is 12.7 Å². The number of H-pyrrole nitrogens is 1. The average molecular weight is 350 g/mol. The molecule has 0 atom stereocenters. The number of nitrogens with one attached hydrogen (secondary N) is 2. The summed E-state index contributed by atoms with van der Waals surface area (Å²) in [4.78, 5) is 7.14. The Balaban J connectivity index is 1.68. The van der Waals surface area contributed by atoms with Gasteiger partial charge in [0.1, 0.15) is 11.6 Å². The maximum absolute atomic E-state index is 13.8. The second kappa shape index (κ2) is 5.81. The van der Waals surface area contributed by atoms with Crippen LogP contribution >= 0.6 is 0 Å². The number of hydrogen-bond acceptors (Lipinski definition) is 4. The summed E-state index contributed by atoms with van der Waals surface area (Å²) in [5.74, 6) is 0.744. The molecular weight excluding hydrogens is 331 g/mol. The summed E-state index contributed by atoms with van der Waals surface area (Å²) in [5, 5.41) is 11.3. The number of rotatable bonds is 2. The number of fused-ring (bicyclic) bond motifs is 3. The summed E-state index contributed by atoms with van der Waals surface area (Å²) < 4.78 is 15.8. The fraction of sp³-hybridized carbons (Fsp3) is 0.263. The van der Waals surface area contributed by atoms with E-state index in [4.69, 9.17) is 4.98 Å². The third kappa shape index (κ3) is 2.28. The highest BCUT2D eigenvalue weighted by Gasteiger charge is 2.18. The summed E-state index contributed by atoms with van der Waals surface area (Å²) in [6.07, 6.45) is 1.77. The summed E-state index contributed by atoms with van der Waals surface area (Å²) in [5.41, 5.74) is 4.62. The van der Waals surface area contributed by atoms with Gasteiger partial charge >= 0.3 is 0 Å². The molecule has 132 valence electrons. The number of piperazine rings is 1. The Morgan fingerprint density at radius 2 is 1.92 bits per heavy atom. The predicted octanol–water partition coefficient (Wildman–Crippen LogP) is 2.76. The van der Waals surface area contributed by atoms with E-state index in [1.165, 1.54) is 6.07 Å². The molecule has 0 unspecified atom stereocenters. The number of benzene rings is 1. The molecule has 2 N–H and O–H groups in total. The lowest BCUT2D eigenvalue weighted by atomic mass is 10.2. The average Bonchev–Trinajstić information content (AvgIpc) is 3.24. The molecule has 1 aliphatic rings. The van der Waals surface area contributed by atoms with Crippen molar-refractivity contribution in [2.24, 2.45) is 0 Å². The van der Waals surface area contributed by atoms with Crippen molar-refractivity contribution in [1.29, 1.82) is 0 Å². The van der Waals surface area contributed by atoms with Crippen LogP contribution in [-0.4, -0.2) is 45.9 Å². The van der Waals surface area contributed by atoms with E-state index in [2.05, 4.69) is 37.1 Å². The zero-order valence-electron chi connectivity index (χ0n) is 14.5. The van der Waals surface area contributed by atoms with E-state index in [-0.39, 0.29) is 5.82 Å². The number of aryl methyl sites for hydroxylation is 1. The lowest BCUT2D eigenvalue weighted by molar-refractivity contribution is 0.584. The maximum atomic E-state index is 13.8. The molecule has 0 amide bonds. The highest BCUT2D eigenvalue weighted by Crippen LogP contribution is 2.32. The maximum Gasteiger partial charge on any atom is 0.129 e. The topological polar surface area (TPSA) is 61.8 Å². The van der Waals surface area contributed by atoms with Crippen LogP contribution in [0.25, 0.3) is 27.6 Å². The zero-order chi connectivity index (χ0) is 17.7. The summed E-state index contributed by atoms with van der Waals surface area (Å²) in [6, 6.07) is 9.00. The van der Waals surface area contributed by atoms with Gasteiger partial charge in [0.25, 0.3) is 0 Å². The molecule has 0 saturated carbocycles. The molecule has 4 heterocycles. The summed E-state index contributed by atoms with van der Waals surface area (Å²) >= 11 is 0. The lowest BCUT2D eigenvalue weighted by Crippen LogP contribution is -2.43. The van der Waals surface area contributed by atoms with Crippen LogP contribution in [0.3, 0.4) is 0 Å². The van der Waals surface area contributed by atoms with E-state index in [1.807, 2.05) is 13.0 Å². The van der Waals surface area contributed by atoms with Gasteiger partial charge in [0, 0.05) is 31.6 Å². The molecule has 5 rings (SSSR count). The van der Waals surface area contributed by atoms with Crippen molar-refractivity contribution in [3.63, 3.8) is 0 Å². The Hall–Kier alpha value is -2.93. The van der Waals surface area contributed by atoms with Crippen LogP contribution in [0.4, 0.5) is 10.2 Å². The first kappa shape index (κ1) is 15.3. The van der Waals surface area contributed by atoms with Crippen LogP contribution in [0.15, 0.2) is 36.5 Å².